The van der Waals surface area contributed by atoms with E-state index in [1.807, 2.05) is 0 Å². The number of benzene rings is 1. The van der Waals surface area contributed by atoms with Gasteiger partial charge in [-0.1, -0.05) is 33.8 Å². The molecule has 0 aliphatic heterocycles. The summed E-state index contributed by atoms with van der Waals surface area (Å²) in [6, 6.07) is 4.69. The molecule has 1 aromatic rings. The summed E-state index contributed by atoms with van der Waals surface area (Å²) < 4.78 is 6.08. The van der Waals surface area contributed by atoms with Crippen molar-refractivity contribution in [1.82, 2.24) is 5.32 Å². The van der Waals surface area contributed by atoms with E-state index >= 15 is 0 Å². The van der Waals surface area contributed by atoms with Gasteiger partial charge in [0.15, 0.2) is 0 Å². The van der Waals surface area contributed by atoms with Crippen LogP contribution < -0.4 is 10.1 Å². The van der Waals surface area contributed by atoms with Crippen molar-refractivity contribution in [2.24, 2.45) is 5.41 Å². The molecule has 0 bridgehead atoms. The van der Waals surface area contributed by atoms with E-state index in [2.05, 4.69) is 65.9 Å². The standard InChI is InChI=1S/C17H29NO/c1-8-18-16(17(5,6)7)11-19-15-10-12(2)9-13(3)14(15)4/h9-10,16,18H,8,11H2,1-7H3. The third-order valence-corrected chi connectivity index (χ3v) is 3.67. The van der Waals surface area contributed by atoms with Gasteiger partial charge in [0.05, 0.1) is 0 Å². The summed E-state index contributed by atoms with van der Waals surface area (Å²) in [5.41, 5.74) is 4.00. The van der Waals surface area contributed by atoms with Crippen molar-refractivity contribution in [3.05, 3.63) is 28.8 Å². The zero-order valence-electron chi connectivity index (χ0n) is 13.6. The average molecular weight is 263 g/mol. The highest BCUT2D eigenvalue weighted by Gasteiger charge is 2.24. The number of aryl methyl sites for hydroxylation is 2. The van der Waals surface area contributed by atoms with Crippen molar-refractivity contribution < 1.29 is 4.74 Å². The molecule has 1 atom stereocenters. The second-order valence-electron chi connectivity index (χ2n) is 6.49. The Kier molecular flexibility index (Phi) is 5.42. The van der Waals surface area contributed by atoms with Crippen molar-refractivity contribution in [3.63, 3.8) is 0 Å². The van der Waals surface area contributed by atoms with Crippen LogP contribution in [0.4, 0.5) is 0 Å². The van der Waals surface area contributed by atoms with Crippen molar-refractivity contribution in [2.45, 2.75) is 54.5 Å². The fourth-order valence-electron chi connectivity index (χ4n) is 2.19. The van der Waals surface area contributed by atoms with E-state index in [9.17, 15) is 0 Å². The third kappa shape index (κ3) is 4.54. The number of rotatable bonds is 5. The van der Waals surface area contributed by atoms with Crippen LogP contribution in [0.2, 0.25) is 0 Å². The molecule has 0 saturated carbocycles. The van der Waals surface area contributed by atoms with Gasteiger partial charge in [-0.3, -0.25) is 0 Å². The molecule has 0 aliphatic carbocycles. The normalized spacial score (nSPS) is 13.4. The molecule has 0 radical (unpaired) electrons. The van der Waals surface area contributed by atoms with Gasteiger partial charge in [0.25, 0.3) is 0 Å². The molecule has 0 fully saturated rings. The Morgan fingerprint density at radius 3 is 2.32 bits per heavy atom. The maximum absolute atomic E-state index is 6.08. The quantitative estimate of drug-likeness (QED) is 0.866. The first-order valence-corrected chi connectivity index (χ1v) is 7.19. The minimum Gasteiger partial charge on any atom is -0.492 e. The van der Waals surface area contributed by atoms with Crippen molar-refractivity contribution in [3.8, 4) is 5.75 Å². The minimum atomic E-state index is 0.197. The van der Waals surface area contributed by atoms with E-state index in [1.54, 1.807) is 0 Å². The van der Waals surface area contributed by atoms with Crippen LogP contribution >= 0.6 is 0 Å². The first-order chi connectivity index (χ1) is 8.75. The van der Waals surface area contributed by atoms with E-state index in [4.69, 9.17) is 4.74 Å². The van der Waals surface area contributed by atoms with E-state index in [1.165, 1.54) is 16.7 Å². The van der Waals surface area contributed by atoms with Gasteiger partial charge >= 0.3 is 0 Å². The highest BCUT2D eigenvalue weighted by atomic mass is 16.5. The van der Waals surface area contributed by atoms with Crippen molar-refractivity contribution >= 4 is 0 Å². The van der Waals surface area contributed by atoms with Gasteiger partial charge in [0.2, 0.25) is 0 Å². The highest BCUT2D eigenvalue weighted by Crippen LogP contribution is 2.25. The second-order valence-corrected chi connectivity index (χ2v) is 6.49. The lowest BCUT2D eigenvalue weighted by Gasteiger charge is -2.31. The lowest BCUT2D eigenvalue weighted by Crippen LogP contribution is -2.44. The maximum Gasteiger partial charge on any atom is 0.122 e. The van der Waals surface area contributed by atoms with Crippen molar-refractivity contribution in [1.29, 1.82) is 0 Å². The number of nitrogens with one attached hydrogen (secondary N) is 1. The fraction of sp³-hybridized carbons (Fsp3) is 0.647. The molecule has 0 aliphatic rings. The number of likely N-dealkylation sites (N-methyl/N-ethyl adjacent to an activating group) is 1. The summed E-state index contributed by atoms with van der Waals surface area (Å²) in [5.74, 6) is 1.02. The molecule has 108 valence electrons. The Morgan fingerprint density at radius 1 is 1.16 bits per heavy atom. The first kappa shape index (κ1) is 16.0. The van der Waals surface area contributed by atoms with Crippen LogP contribution in [0.15, 0.2) is 12.1 Å². The van der Waals surface area contributed by atoms with Crippen LogP contribution in [0.5, 0.6) is 5.75 Å². The predicted molar refractivity (Wildman–Crippen MR) is 83.1 cm³/mol. The average Bonchev–Trinajstić information content (AvgIpc) is 2.28. The van der Waals surface area contributed by atoms with E-state index in [-0.39, 0.29) is 5.41 Å². The van der Waals surface area contributed by atoms with Crippen LogP contribution in [-0.4, -0.2) is 19.2 Å². The molecule has 2 heteroatoms. The zero-order valence-corrected chi connectivity index (χ0v) is 13.6. The highest BCUT2D eigenvalue weighted by molar-refractivity contribution is 5.41. The van der Waals surface area contributed by atoms with Gasteiger partial charge in [0.1, 0.15) is 12.4 Å². The van der Waals surface area contributed by atoms with Crippen molar-refractivity contribution in [2.75, 3.05) is 13.2 Å². The first-order valence-electron chi connectivity index (χ1n) is 7.19. The summed E-state index contributed by atoms with van der Waals surface area (Å²) in [4.78, 5) is 0. The largest absolute Gasteiger partial charge is 0.492 e. The molecule has 0 aromatic heterocycles. The number of hydrogen-bond acceptors (Lipinski definition) is 2. The lowest BCUT2D eigenvalue weighted by molar-refractivity contribution is 0.175. The zero-order chi connectivity index (χ0) is 14.6. The van der Waals surface area contributed by atoms with Crippen LogP contribution in [0.3, 0.4) is 0 Å². The summed E-state index contributed by atoms with van der Waals surface area (Å²) in [6.45, 7) is 16.9. The van der Waals surface area contributed by atoms with Gasteiger partial charge in [-0.2, -0.15) is 0 Å². The van der Waals surface area contributed by atoms with Crippen LogP contribution in [0.1, 0.15) is 44.4 Å². The number of hydrogen-bond donors (Lipinski definition) is 1. The molecule has 1 unspecified atom stereocenters. The van der Waals surface area contributed by atoms with E-state index in [0.29, 0.717) is 12.6 Å². The molecule has 1 N–H and O–H groups in total. The second kappa shape index (κ2) is 6.42. The van der Waals surface area contributed by atoms with Crippen LogP contribution in [0, 0.1) is 26.2 Å². The van der Waals surface area contributed by atoms with E-state index in [0.717, 1.165) is 12.3 Å². The molecule has 0 saturated heterocycles. The molecule has 0 spiro atoms. The molecule has 19 heavy (non-hydrogen) atoms. The number of ether oxygens (including phenoxy) is 1. The summed E-state index contributed by atoms with van der Waals surface area (Å²) >= 11 is 0. The smallest absolute Gasteiger partial charge is 0.122 e. The Labute approximate surface area is 118 Å². The molecule has 0 amide bonds. The van der Waals surface area contributed by atoms with Gasteiger partial charge in [-0.05, 0) is 55.5 Å². The van der Waals surface area contributed by atoms with Crippen LogP contribution in [-0.2, 0) is 0 Å². The molecule has 1 rings (SSSR count). The fourth-order valence-corrected chi connectivity index (χ4v) is 2.19. The SMILES string of the molecule is CCNC(COc1cc(C)cc(C)c1C)C(C)(C)C. The molecular weight excluding hydrogens is 234 g/mol. The predicted octanol–water partition coefficient (Wildman–Crippen LogP) is 4.01. The van der Waals surface area contributed by atoms with Gasteiger partial charge in [-0.25, -0.2) is 0 Å². The van der Waals surface area contributed by atoms with Gasteiger partial charge < -0.3 is 10.1 Å². The molecule has 1 aromatic carbocycles. The molecular formula is C17H29NO. The molecule has 0 heterocycles. The van der Waals surface area contributed by atoms with E-state index < -0.39 is 0 Å². The van der Waals surface area contributed by atoms with Gasteiger partial charge in [0, 0.05) is 6.04 Å². The Bertz CT molecular complexity index is 418. The van der Waals surface area contributed by atoms with Gasteiger partial charge in [-0.15, -0.1) is 0 Å². The monoisotopic (exact) mass is 263 g/mol. The van der Waals surface area contributed by atoms with Crippen LogP contribution in [0.25, 0.3) is 0 Å². The molecule has 2 nitrogen and oxygen atoms in total. The Balaban J connectivity index is 2.80. The summed E-state index contributed by atoms with van der Waals surface area (Å²) in [5, 5.41) is 3.52. The Morgan fingerprint density at radius 2 is 1.79 bits per heavy atom. The topological polar surface area (TPSA) is 21.3 Å². The summed E-state index contributed by atoms with van der Waals surface area (Å²) in [7, 11) is 0. The lowest BCUT2D eigenvalue weighted by atomic mass is 9.87. The Hall–Kier alpha value is -1.02. The maximum atomic E-state index is 6.08. The third-order valence-electron chi connectivity index (χ3n) is 3.67. The summed E-state index contributed by atoms with van der Waals surface area (Å²) in [6.07, 6.45) is 0. The minimum absolute atomic E-state index is 0.197.